The van der Waals surface area contributed by atoms with Crippen LogP contribution in [0.1, 0.15) is 29.7 Å². The van der Waals surface area contributed by atoms with Crippen LogP contribution in [0.3, 0.4) is 0 Å². The largest absolute Gasteiger partial charge is 0.378 e. The van der Waals surface area contributed by atoms with E-state index in [0.717, 1.165) is 30.2 Å². The highest BCUT2D eigenvalue weighted by molar-refractivity contribution is 7.18. The summed E-state index contributed by atoms with van der Waals surface area (Å²) in [5.74, 6) is 0.963. The van der Waals surface area contributed by atoms with E-state index in [0.29, 0.717) is 6.10 Å². The number of aromatic nitrogens is 2. The molecule has 0 spiro atoms. The van der Waals surface area contributed by atoms with Crippen molar-refractivity contribution in [1.82, 2.24) is 9.97 Å². The topological polar surface area (TPSA) is 47.0 Å². The minimum atomic E-state index is 0.426. The molecule has 5 heteroatoms. The van der Waals surface area contributed by atoms with Gasteiger partial charge in [-0.15, -0.1) is 11.3 Å². The van der Waals surface area contributed by atoms with Crippen molar-refractivity contribution in [1.29, 1.82) is 0 Å². The normalized spacial score (nSPS) is 19.2. The van der Waals surface area contributed by atoms with Gasteiger partial charge in [-0.2, -0.15) is 0 Å². The molecule has 102 valence electrons. The number of nitrogens with one attached hydrogen (secondary N) is 1. The van der Waals surface area contributed by atoms with Crippen LogP contribution in [0.4, 0.5) is 5.82 Å². The van der Waals surface area contributed by atoms with Gasteiger partial charge in [0.05, 0.1) is 11.5 Å². The molecular formula is C14H19N3OS. The molecule has 1 saturated heterocycles. The first-order valence-electron chi connectivity index (χ1n) is 6.82. The SMILES string of the molecule is Cc1sc2ncnc(NCCC3CCCO3)c2c1C. The second-order valence-electron chi connectivity index (χ2n) is 5.04. The minimum absolute atomic E-state index is 0.426. The molecule has 0 radical (unpaired) electrons. The summed E-state index contributed by atoms with van der Waals surface area (Å²) in [4.78, 5) is 11.1. The number of rotatable bonds is 4. The van der Waals surface area contributed by atoms with Gasteiger partial charge < -0.3 is 10.1 Å². The summed E-state index contributed by atoms with van der Waals surface area (Å²) in [6.45, 7) is 6.11. The predicted octanol–water partition coefficient (Wildman–Crippen LogP) is 3.29. The van der Waals surface area contributed by atoms with E-state index in [-0.39, 0.29) is 0 Å². The number of hydrogen-bond donors (Lipinski definition) is 1. The predicted molar refractivity (Wildman–Crippen MR) is 79.0 cm³/mol. The lowest BCUT2D eigenvalue weighted by atomic mass is 10.2. The summed E-state index contributed by atoms with van der Waals surface area (Å²) in [5, 5.41) is 4.62. The number of anilines is 1. The van der Waals surface area contributed by atoms with Gasteiger partial charge in [0.2, 0.25) is 0 Å². The summed E-state index contributed by atoms with van der Waals surface area (Å²) >= 11 is 1.74. The van der Waals surface area contributed by atoms with Crippen LogP contribution in [-0.2, 0) is 4.74 Å². The zero-order valence-electron chi connectivity index (χ0n) is 11.4. The van der Waals surface area contributed by atoms with Crippen molar-refractivity contribution < 1.29 is 4.74 Å². The van der Waals surface area contributed by atoms with Crippen molar-refractivity contribution in [3.63, 3.8) is 0 Å². The van der Waals surface area contributed by atoms with Crippen molar-refractivity contribution in [3.8, 4) is 0 Å². The van der Waals surface area contributed by atoms with Gasteiger partial charge in [0.15, 0.2) is 0 Å². The monoisotopic (exact) mass is 277 g/mol. The maximum Gasteiger partial charge on any atom is 0.138 e. The Balaban J connectivity index is 1.73. The van der Waals surface area contributed by atoms with E-state index in [9.17, 15) is 0 Å². The zero-order chi connectivity index (χ0) is 13.2. The third-order valence-corrected chi connectivity index (χ3v) is 4.86. The maximum atomic E-state index is 5.64. The van der Waals surface area contributed by atoms with Crippen LogP contribution in [0.5, 0.6) is 0 Å². The standard InChI is InChI=1S/C14H19N3OS/c1-9-10(2)19-14-12(9)13(16-8-17-14)15-6-5-11-4-3-7-18-11/h8,11H,3-7H2,1-2H3,(H,15,16,17). The van der Waals surface area contributed by atoms with Crippen molar-refractivity contribution in [2.75, 3.05) is 18.5 Å². The number of aryl methyl sites for hydroxylation is 2. The van der Waals surface area contributed by atoms with Gasteiger partial charge >= 0.3 is 0 Å². The van der Waals surface area contributed by atoms with E-state index < -0.39 is 0 Å². The Labute approximate surface area is 117 Å². The number of thiophene rings is 1. The second kappa shape index (κ2) is 5.43. The van der Waals surface area contributed by atoms with Crippen LogP contribution in [0.2, 0.25) is 0 Å². The van der Waals surface area contributed by atoms with Gasteiger partial charge in [0, 0.05) is 18.0 Å². The number of fused-ring (bicyclic) bond motifs is 1. The molecule has 0 bridgehead atoms. The Morgan fingerprint density at radius 2 is 2.32 bits per heavy atom. The van der Waals surface area contributed by atoms with Gasteiger partial charge in [0.1, 0.15) is 17.0 Å². The highest BCUT2D eigenvalue weighted by Crippen LogP contribution is 2.32. The molecule has 0 amide bonds. The average molecular weight is 277 g/mol. The minimum Gasteiger partial charge on any atom is -0.378 e. The fourth-order valence-corrected chi connectivity index (χ4v) is 3.54. The fourth-order valence-electron chi connectivity index (χ4n) is 2.54. The smallest absolute Gasteiger partial charge is 0.138 e. The van der Waals surface area contributed by atoms with Crippen molar-refractivity contribution >= 4 is 27.4 Å². The molecule has 0 saturated carbocycles. The van der Waals surface area contributed by atoms with E-state index in [1.807, 2.05) is 0 Å². The number of hydrogen-bond acceptors (Lipinski definition) is 5. The van der Waals surface area contributed by atoms with E-state index in [1.54, 1.807) is 17.7 Å². The van der Waals surface area contributed by atoms with Crippen LogP contribution in [0.25, 0.3) is 10.2 Å². The van der Waals surface area contributed by atoms with Crippen molar-refractivity contribution in [3.05, 3.63) is 16.8 Å². The third kappa shape index (κ3) is 2.58. The molecule has 4 nitrogen and oxygen atoms in total. The molecule has 2 aromatic heterocycles. The van der Waals surface area contributed by atoms with Gasteiger partial charge in [-0.25, -0.2) is 9.97 Å². The molecule has 0 aromatic carbocycles. The number of ether oxygens (including phenoxy) is 1. The molecule has 2 aromatic rings. The van der Waals surface area contributed by atoms with Crippen LogP contribution in [0, 0.1) is 13.8 Å². The second-order valence-corrected chi connectivity index (χ2v) is 6.24. The first-order chi connectivity index (χ1) is 9.25. The van der Waals surface area contributed by atoms with E-state index in [1.165, 1.54) is 28.7 Å². The Morgan fingerprint density at radius 1 is 1.42 bits per heavy atom. The Kier molecular flexibility index (Phi) is 3.66. The van der Waals surface area contributed by atoms with Gasteiger partial charge in [0.25, 0.3) is 0 Å². The molecule has 1 fully saturated rings. The first kappa shape index (κ1) is 12.8. The molecule has 1 atom stereocenters. The summed E-state index contributed by atoms with van der Waals surface area (Å²) < 4.78 is 5.64. The lowest BCUT2D eigenvalue weighted by Gasteiger charge is -2.11. The van der Waals surface area contributed by atoms with E-state index in [2.05, 4.69) is 29.1 Å². The molecule has 19 heavy (non-hydrogen) atoms. The Morgan fingerprint density at radius 3 is 3.11 bits per heavy atom. The molecule has 1 unspecified atom stereocenters. The number of nitrogens with zero attached hydrogens (tertiary/aromatic N) is 2. The van der Waals surface area contributed by atoms with Crippen LogP contribution in [-0.4, -0.2) is 29.2 Å². The maximum absolute atomic E-state index is 5.64. The highest BCUT2D eigenvalue weighted by Gasteiger charge is 2.16. The molecule has 1 aliphatic rings. The summed E-state index contributed by atoms with van der Waals surface area (Å²) in [7, 11) is 0. The lowest BCUT2D eigenvalue weighted by molar-refractivity contribution is 0.107. The van der Waals surface area contributed by atoms with Crippen molar-refractivity contribution in [2.24, 2.45) is 0 Å². The van der Waals surface area contributed by atoms with Crippen LogP contribution >= 0.6 is 11.3 Å². The van der Waals surface area contributed by atoms with Crippen LogP contribution in [0.15, 0.2) is 6.33 Å². The van der Waals surface area contributed by atoms with E-state index in [4.69, 9.17) is 4.74 Å². The first-order valence-corrected chi connectivity index (χ1v) is 7.63. The van der Waals surface area contributed by atoms with Crippen LogP contribution < -0.4 is 5.32 Å². The lowest BCUT2D eigenvalue weighted by Crippen LogP contribution is -2.13. The molecule has 1 N–H and O–H groups in total. The summed E-state index contributed by atoms with van der Waals surface area (Å²) in [5.41, 5.74) is 1.29. The molecule has 3 rings (SSSR count). The molecule has 3 heterocycles. The van der Waals surface area contributed by atoms with Gasteiger partial charge in [-0.1, -0.05) is 0 Å². The molecule has 0 aliphatic carbocycles. The summed E-state index contributed by atoms with van der Waals surface area (Å²) in [6, 6.07) is 0. The molecular weight excluding hydrogens is 258 g/mol. The third-order valence-electron chi connectivity index (χ3n) is 3.75. The zero-order valence-corrected chi connectivity index (χ0v) is 12.2. The Bertz CT molecular complexity index is 575. The van der Waals surface area contributed by atoms with E-state index >= 15 is 0 Å². The Hall–Kier alpha value is -1.20. The summed E-state index contributed by atoms with van der Waals surface area (Å²) in [6.07, 6.45) is 5.51. The van der Waals surface area contributed by atoms with Gasteiger partial charge in [-0.3, -0.25) is 0 Å². The highest BCUT2D eigenvalue weighted by atomic mass is 32.1. The average Bonchev–Trinajstić information content (AvgIpc) is 3.00. The quantitative estimate of drug-likeness (QED) is 0.931. The molecule has 1 aliphatic heterocycles. The fraction of sp³-hybridized carbons (Fsp3) is 0.571. The van der Waals surface area contributed by atoms with Gasteiger partial charge in [-0.05, 0) is 38.7 Å². The van der Waals surface area contributed by atoms with Crippen molar-refractivity contribution in [2.45, 2.75) is 39.2 Å².